The number of benzene rings is 1. The Labute approximate surface area is 156 Å². The van der Waals surface area contributed by atoms with Crippen molar-refractivity contribution in [3.8, 4) is 0 Å². The van der Waals surface area contributed by atoms with Gasteiger partial charge in [0.05, 0.1) is 35.5 Å². The lowest BCUT2D eigenvalue weighted by molar-refractivity contribution is -0.137. The van der Waals surface area contributed by atoms with Gasteiger partial charge in [-0.25, -0.2) is 4.98 Å². The summed E-state index contributed by atoms with van der Waals surface area (Å²) >= 11 is 0. The first-order valence-electron chi connectivity index (χ1n) is 8.49. The molecule has 5 rings (SSSR count). The number of pyridine rings is 1. The summed E-state index contributed by atoms with van der Waals surface area (Å²) in [5.74, 6) is 0. The first-order valence-corrected chi connectivity index (χ1v) is 8.49. The third-order valence-corrected chi connectivity index (χ3v) is 4.49. The Morgan fingerprint density at radius 1 is 1.14 bits per heavy atom. The Hall–Kier alpha value is -3.62. The molecule has 1 aromatic carbocycles. The fraction of sp³-hybridized carbons (Fsp3) is 0.105. The fourth-order valence-electron chi connectivity index (χ4n) is 3.17. The van der Waals surface area contributed by atoms with Crippen molar-refractivity contribution in [1.82, 2.24) is 19.8 Å². The van der Waals surface area contributed by atoms with E-state index in [1.54, 1.807) is 35.9 Å². The van der Waals surface area contributed by atoms with Crippen molar-refractivity contribution in [3.05, 3.63) is 58.4 Å². The molecule has 6 nitrogen and oxygen atoms in total. The zero-order valence-corrected chi connectivity index (χ0v) is 14.4. The number of rotatable bonds is 2. The molecule has 0 bridgehead atoms. The zero-order chi connectivity index (χ0) is 19.3. The Morgan fingerprint density at radius 2 is 2.04 bits per heavy atom. The summed E-state index contributed by atoms with van der Waals surface area (Å²) in [4.78, 5) is 8.84. The molecule has 9 heteroatoms. The van der Waals surface area contributed by atoms with Crippen LogP contribution in [0.1, 0.15) is 11.1 Å². The number of anilines is 1. The van der Waals surface area contributed by atoms with Gasteiger partial charge in [-0.2, -0.15) is 18.3 Å². The molecule has 3 aromatic rings. The number of fused-ring (bicyclic) bond motifs is 4. The van der Waals surface area contributed by atoms with Crippen molar-refractivity contribution in [1.29, 1.82) is 0 Å². The van der Waals surface area contributed by atoms with Crippen LogP contribution in [0, 0.1) is 0 Å². The molecule has 0 atom stereocenters. The van der Waals surface area contributed by atoms with Gasteiger partial charge in [0.15, 0.2) is 0 Å². The van der Waals surface area contributed by atoms with E-state index in [0.29, 0.717) is 17.6 Å². The SMILES string of the molecule is FC(F)(F)c1cccc(NN2C=Cc3cc4nn5c(c4nc3=C2)=CN=CC5)c1. The van der Waals surface area contributed by atoms with Gasteiger partial charge in [0, 0.05) is 18.0 Å². The molecule has 0 amide bonds. The standard InChI is InChI=1S/C19H13F3N6/c20-19(21,22)13-2-1-3-14(9-13)25-27-6-4-12-8-15-18(24-16(12)11-27)17-10-23-5-7-28(17)26-15/h1-6,8-11,25H,7H2. The van der Waals surface area contributed by atoms with Crippen LogP contribution in [0.5, 0.6) is 0 Å². The molecule has 4 heterocycles. The van der Waals surface area contributed by atoms with Crippen LogP contribution in [0.15, 0.2) is 41.5 Å². The molecule has 0 unspecified atom stereocenters. The van der Waals surface area contributed by atoms with Crippen molar-refractivity contribution < 1.29 is 13.2 Å². The van der Waals surface area contributed by atoms with Crippen molar-refractivity contribution >= 4 is 41.4 Å². The van der Waals surface area contributed by atoms with Crippen LogP contribution >= 0.6 is 0 Å². The maximum atomic E-state index is 12.9. The quantitative estimate of drug-likeness (QED) is 0.739. The van der Waals surface area contributed by atoms with Crippen molar-refractivity contribution in [2.24, 2.45) is 4.99 Å². The van der Waals surface area contributed by atoms with Crippen molar-refractivity contribution in [2.45, 2.75) is 12.7 Å². The average molecular weight is 382 g/mol. The van der Waals surface area contributed by atoms with Gasteiger partial charge in [-0.15, -0.1) is 0 Å². The fourth-order valence-corrected chi connectivity index (χ4v) is 3.17. The van der Waals surface area contributed by atoms with E-state index < -0.39 is 11.7 Å². The molecule has 0 aliphatic carbocycles. The predicted octanol–water partition coefficient (Wildman–Crippen LogP) is 2.32. The number of nitrogens with zero attached hydrogens (tertiary/aromatic N) is 5. The summed E-state index contributed by atoms with van der Waals surface area (Å²) in [5, 5.41) is 7.63. The highest BCUT2D eigenvalue weighted by Gasteiger charge is 2.30. The van der Waals surface area contributed by atoms with Crippen LogP contribution in [0.2, 0.25) is 0 Å². The van der Waals surface area contributed by atoms with Crippen molar-refractivity contribution in [3.63, 3.8) is 0 Å². The Balaban J connectivity index is 1.52. The summed E-state index contributed by atoms with van der Waals surface area (Å²) < 4.78 is 40.5. The zero-order valence-electron chi connectivity index (χ0n) is 14.4. The molecule has 0 saturated heterocycles. The van der Waals surface area contributed by atoms with E-state index in [9.17, 15) is 13.2 Å². The summed E-state index contributed by atoms with van der Waals surface area (Å²) in [5.41, 5.74) is 4.94. The minimum Gasteiger partial charge on any atom is -0.295 e. The highest BCUT2D eigenvalue weighted by molar-refractivity contribution is 5.80. The summed E-state index contributed by atoms with van der Waals surface area (Å²) in [6.07, 6.45) is 4.38. The van der Waals surface area contributed by atoms with Crippen LogP contribution < -0.4 is 16.1 Å². The van der Waals surface area contributed by atoms with Gasteiger partial charge in [-0.05, 0) is 30.3 Å². The molecule has 1 N–H and O–H groups in total. The summed E-state index contributed by atoms with van der Waals surface area (Å²) in [6.45, 7) is 0.593. The number of hydrazine groups is 1. The third-order valence-electron chi connectivity index (χ3n) is 4.49. The van der Waals surface area contributed by atoms with E-state index in [1.807, 2.05) is 16.8 Å². The molecule has 140 valence electrons. The molecule has 0 radical (unpaired) electrons. The van der Waals surface area contributed by atoms with Gasteiger partial charge < -0.3 is 0 Å². The van der Waals surface area contributed by atoms with Gasteiger partial charge >= 0.3 is 6.18 Å². The van der Waals surface area contributed by atoms with Crippen LogP contribution in [-0.4, -0.2) is 26.0 Å². The van der Waals surface area contributed by atoms with Gasteiger partial charge in [-0.3, -0.25) is 20.1 Å². The van der Waals surface area contributed by atoms with Gasteiger partial charge in [0.1, 0.15) is 16.4 Å². The first kappa shape index (κ1) is 16.5. The molecule has 28 heavy (non-hydrogen) atoms. The molecule has 0 spiro atoms. The number of halogens is 3. The monoisotopic (exact) mass is 382 g/mol. The molecule has 2 aromatic heterocycles. The van der Waals surface area contributed by atoms with Crippen LogP contribution in [-0.2, 0) is 12.7 Å². The minimum atomic E-state index is -4.39. The number of hydrogen-bond donors (Lipinski definition) is 1. The lowest BCUT2D eigenvalue weighted by Crippen LogP contribution is -2.28. The van der Waals surface area contributed by atoms with Crippen LogP contribution in [0.4, 0.5) is 18.9 Å². The normalized spacial score (nSPS) is 15.0. The number of nitrogens with one attached hydrogen (secondary N) is 1. The van der Waals surface area contributed by atoms with E-state index in [-0.39, 0.29) is 0 Å². The Bertz CT molecular complexity index is 1270. The predicted molar refractivity (Wildman–Crippen MR) is 100 cm³/mol. The van der Waals surface area contributed by atoms with Gasteiger partial charge in [-0.1, -0.05) is 6.07 Å². The third kappa shape index (κ3) is 2.81. The second kappa shape index (κ2) is 5.95. The number of hydrogen-bond acceptors (Lipinski definition) is 5. The second-order valence-corrected chi connectivity index (χ2v) is 6.40. The molecule has 0 fully saturated rings. The Morgan fingerprint density at radius 3 is 2.89 bits per heavy atom. The summed E-state index contributed by atoms with van der Waals surface area (Å²) in [7, 11) is 0. The van der Waals surface area contributed by atoms with Gasteiger partial charge in [0.2, 0.25) is 0 Å². The molecular formula is C19H13F3N6. The van der Waals surface area contributed by atoms with E-state index in [1.165, 1.54) is 6.07 Å². The smallest absolute Gasteiger partial charge is 0.295 e. The maximum absolute atomic E-state index is 12.9. The average Bonchev–Trinajstić information content (AvgIpc) is 3.03. The lowest BCUT2D eigenvalue weighted by Gasteiger charge is -2.21. The molecule has 2 aliphatic rings. The minimum absolute atomic E-state index is 0.325. The molecule has 2 aliphatic heterocycles. The van der Waals surface area contributed by atoms with E-state index in [4.69, 9.17) is 0 Å². The molecule has 0 saturated carbocycles. The first-order chi connectivity index (χ1) is 13.5. The van der Waals surface area contributed by atoms with Gasteiger partial charge in [0.25, 0.3) is 0 Å². The van der Waals surface area contributed by atoms with Crippen LogP contribution in [0.25, 0.3) is 29.5 Å². The highest BCUT2D eigenvalue weighted by Crippen LogP contribution is 2.30. The second-order valence-electron chi connectivity index (χ2n) is 6.40. The summed E-state index contributed by atoms with van der Waals surface area (Å²) in [6, 6.07) is 6.98. The number of aliphatic imine (C=N–C) groups is 1. The highest BCUT2D eigenvalue weighted by atomic mass is 19.4. The van der Waals surface area contributed by atoms with Crippen LogP contribution in [0.3, 0.4) is 0 Å². The number of alkyl halides is 3. The van der Waals surface area contributed by atoms with Crippen molar-refractivity contribution in [2.75, 3.05) is 5.43 Å². The van der Waals surface area contributed by atoms with E-state index in [0.717, 1.165) is 34.1 Å². The maximum Gasteiger partial charge on any atom is 0.416 e. The molecular weight excluding hydrogens is 369 g/mol. The van der Waals surface area contributed by atoms with E-state index >= 15 is 0 Å². The topological polar surface area (TPSA) is 58.3 Å². The number of aromatic nitrogens is 3. The largest absolute Gasteiger partial charge is 0.416 e. The Kier molecular flexibility index (Phi) is 3.51. The van der Waals surface area contributed by atoms with E-state index in [2.05, 4.69) is 20.5 Å². The lowest BCUT2D eigenvalue weighted by atomic mass is 10.2.